The van der Waals surface area contributed by atoms with Gasteiger partial charge in [-0.05, 0) is 11.8 Å². The maximum absolute atomic E-state index is 16.0. The van der Waals surface area contributed by atoms with E-state index in [9.17, 15) is 14.6 Å². The van der Waals surface area contributed by atoms with Crippen LogP contribution in [0, 0.1) is 0 Å². The van der Waals surface area contributed by atoms with Crippen LogP contribution in [0.1, 0.15) is 18.7 Å². The summed E-state index contributed by atoms with van der Waals surface area (Å²) >= 11 is 9.34. The first-order valence-corrected chi connectivity index (χ1v) is 17.9. The fraction of sp³-hybridized carbons (Fsp3) is 0.500. The van der Waals surface area contributed by atoms with Gasteiger partial charge in [-0.3, -0.25) is 13.6 Å². The Kier molecular flexibility index (Phi) is 7.22. The number of alkyl halides is 1. The summed E-state index contributed by atoms with van der Waals surface area (Å²) in [7, 11) is 0. The number of thiol groups is 1. The van der Waals surface area contributed by atoms with Crippen molar-refractivity contribution in [1.82, 2.24) is 39.0 Å². The van der Waals surface area contributed by atoms with Crippen molar-refractivity contribution in [3.63, 3.8) is 0 Å². The Balaban J connectivity index is 1.21. The maximum atomic E-state index is 16.0. The number of nitrogens with zero attached hydrogens (tertiary/aromatic N) is 8. The second-order valence-electron chi connectivity index (χ2n) is 9.99. The number of ether oxygens (including phenoxy) is 1. The zero-order valence-electron chi connectivity index (χ0n) is 21.5. The molecule has 0 radical (unpaired) electrons. The summed E-state index contributed by atoms with van der Waals surface area (Å²) in [6.45, 7) is -9.08. The van der Waals surface area contributed by atoms with Gasteiger partial charge < -0.3 is 39.8 Å². The largest absolute Gasteiger partial charge is 0.388 e. The molecule has 230 valence electrons. The summed E-state index contributed by atoms with van der Waals surface area (Å²) < 4.78 is 60.9. The molecular formula is C20H23FN10O8P2S2. The first-order chi connectivity index (χ1) is 20.4. The highest BCUT2D eigenvalue weighted by atomic mass is 32.7. The molecule has 2 unspecified atom stereocenters. The lowest BCUT2D eigenvalue weighted by atomic mass is 10.1. The van der Waals surface area contributed by atoms with E-state index in [4.69, 9.17) is 46.1 Å². The second-order valence-corrected chi connectivity index (χ2v) is 15.6. The number of aromatic nitrogens is 8. The van der Waals surface area contributed by atoms with E-state index in [0.717, 1.165) is 0 Å². The zero-order valence-corrected chi connectivity index (χ0v) is 25.0. The monoisotopic (exact) mass is 676 g/mol. The van der Waals surface area contributed by atoms with E-state index in [1.807, 2.05) is 0 Å². The molecule has 7 rings (SSSR count). The summed E-state index contributed by atoms with van der Waals surface area (Å²) in [5.74, 6) is 0.189. The number of halogens is 1. The van der Waals surface area contributed by atoms with Crippen LogP contribution in [0.4, 0.5) is 16.0 Å². The van der Waals surface area contributed by atoms with Gasteiger partial charge in [0.15, 0.2) is 35.3 Å². The van der Waals surface area contributed by atoms with E-state index in [-0.39, 0.29) is 34.7 Å². The average molecular weight is 677 g/mol. The first-order valence-electron chi connectivity index (χ1n) is 12.6. The second kappa shape index (κ2) is 10.6. The average Bonchev–Trinajstić information content (AvgIpc) is 3.70. The van der Waals surface area contributed by atoms with Gasteiger partial charge in [0.2, 0.25) is 0 Å². The molecular weight excluding hydrogens is 653 g/mol. The summed E-state index contributed by atoms with van der Waals surface area (Å²) in [6.07, 6.45) is -5.28. The highest BCUT2D eigenvalue weighted by molar-refractivity contribution is 8.44. The van der Waals surface area contributed by atoms with Gasteiger partial charge in [-0.2, -0.15) is 0 Å². The molecule has 4 aromatic rings. The number of aliphatic hydroxyl groups is 1. The standard InChI is InChI=1S/C20H23FN10O8P2S2/c21-10-15-9(36-20(10)31-6-29-12-17(23)25-4-27-19(12)31)2-35-40(33,42)38-14-7(1-8(13(14)32)37-41(34,43)39-15)30-5-28-11-16(22)24-3-26-18(11)30/h3-10,13-15,20,32H,1-2H2,(H,33,42)(H,34,43)(H2,22,24,26)(H2,23,25,27)/t7-,8+,9-,10-,13+,14+,15-,20-,40?,41?/m1/s1. The van der Waals surface area contributed by atoms with Crippen molar-refractivity contribution in [2.45, 2.75) is 55.4 Å². The fourth-order valence-electron chi connectivity index (χ4n) is 5.51. The summed E-state index contributed by atoms with van der Waals surface area (Å²) in [5.41, 5.74) is 12.7. The Hall–Kier alpha value is -2.42. The van der Waals surface area contributed by atoms with E-state index < -0.39 is 69.1 Å². The zero-order chi connectivity index (χ0) is 30.3. The molecule has 2 aliphatic heterocycles. The van der Waals surface area contributed by atoms with Crippen LogP contribution in [-0.2, 0) is 39.2 Å². The van der Waals surface area contributed by atoms with Crippen molar-refractivity contribution in [2.24, 2.45) is 0 Å². The summed E-state index contributed by atoms with van der Waals surface area (Å²) in [4.78, 5) is 35.5. The number of aliphatic hydroxyl groups excluding tert-OH is 1. The third-order valence-electron chi connectivity index (χ3n) is 7.42. The van der Waals surface area contributed by atoms with Gasteiger partial charge >= 0.3 is 13.5 Å². The molecule has 6 heterocycles. The Morgan fingerprint density at radius 3 is 2.26 bits per heavy atom. The minimum atomic E-state index is -4.40. The van der Waals surface area contributed by atoms with Crippen molar-refractivity contribution in [3.05, 3.63) is 25.3 Å². The maximum Gasteiger partial charge on any atom is 0.386 e. The van der Waals surface area contributed by atoms with E-state index in [1.165, 1.54) is 34.4 Å². The van der Waals surface area contributed by atoms with E-state index in [2.05, 4.69) is 42.2 Å². The van der Waals surface area contributed by atoms with E-state index in [1.54, 1.807) is 0 Å². The topological polar surface area (TPSA) is 243 Å². The molecule has 1 aliphatic carbocycles. The van der Waals surface area contributed by atoms with Gasteiger partial charge in [0.05, 0.1) is 31.4 Å². The van der Waals surface area contributed by atoms with E-state index >= 15 is 4.39 Å². The van der Waals surface area contributed by atoms with E-state index in [0.29, 0.717) is 5.65 Å². The molecule has 3 aliphatic rings. The van der Waals surface area contributed by atoms with Crippen molar-refractivity contribution < 1.29 is 41.8 Å². The molecule has 1 saturated carbocycles. The Labute approximate surface area is 250 Å². The van der Waals surface area contributed by atoms with Crippen LogP contribution in [0.2, 0.25) is 0 Å². The van der Waals surface area contributed by atoms with Gasteiger partial charge in [-0.25, -0.2) is 38.9 Å². The van der Waals surface area contributed by atoms with Crippen LogP contribution in [0.5, 0.6) is 0 Å². The molecule has 6 N–H and O–H groups in total. The van der Waals surface area contributed by atoms with Crippen molar-refractivity contribution in [1.29, 1.82) is 0 Å². The van der Waals surface area contributed by atoms with Crippen molar-refractivity contribution in [2.75, 3.05) is 18.1 Å². The lowest BCUT2D eigenvalue weighted by Gasteiger charge is -2.30. The van der Waals surface area contributed by atoms with Gasteiger partial charge in [0.1, 0.15) is 48.1 Å². The van der Waals surface area contributed by atoms with Gasteiger partial charge in [-0.1, -0.05) is 12.2 Å². The van der Waals surface area contributed by atoms with Gasteiger partial charge in [0, 0.05) is 6.42 Å². The molecule has 23 heteroatoms. The number of hydrogen-bond donors (Lipinski definition) is 5. The lowest BCUT2D eigenvalue weighted by molar-refractivity contribution is -0.0546. The molecule has 2 bridgehead atoms. The molecule has 2 saturated heterocycles. The number of imidazole rings is 2. The number of anilines is 2. The van der Waals surface area contributed by atoms with Crippen molar-refractivity contribution >= 4 is 71.5 Å². The molecule has 3 fully saturated rings. The van der Waals surface area contributed by atoms with Crippen LogP contribution in [0.15, 0.2) is 25.3 Å². The predicted octanol–water partition coefficient (Wildman–Crippen LogP) is 0.812. The number of nitrogen functional groups attached to an aromatic ring is 2. The molecule has 43 heavy (non-hydrogen) atoms. The fourth-order valence-corrected chi connectivity index (χ4v) is 8.81. The normalized spacial score (nSPS) is 38.6. The Morgan fingerprint density at radius 1 is 0.953 bits per heavy atom. The van der Waals surface area contributed by atoms with Crippen LogP contribution in [0.3, 0.4) is 0 Å². The number of nitrogens with two attached hydrogens (primary N) is 2. The van der Waals surface area contributed by atoms with Crippen LogP contribution >= 0.6 is 25.8 Å². The minimum Gasteiger partial charge on any atom is -0.388 e. The summed E-state index contributed by atoms with van der Waals surface area (Å²) in [5, 5.41) is 11.2. The molecule has 4 aromatic heterocycles. The van der Waals surface area contributed by atoms with Gasteiger partial charge in [0.25, 0.3) is 0 Å². The van der Waals surface area contributed by atoms with Crippen LogP contribution < -0.4 is 11.5 Å². The minimum absolute atomic E-state index is 0.0567. The quantitative estimate of drug-likeness (QED) is 0.146. The molecule has 0 spiro atoms. The van der Waals surface area contributed by atoms with Gasteiger partial charge in [-0.15, -0.1) is 0 Å². The Morgan fingerprint density at radius 2 is 1.58 bits per heavy atom. The molecule has 18 nitrogen and oxygen atoms in total. The Bertz CT molecular complexity index is 1820. The number of rotatable bonds is 2. The SMILES string of the molecule is Nc1ncnc2c1ncn2[C@@H]1C[C@@H]2OP(=O)(S)O[C@H]3[C@@H](F)[C@H](n4cnc5c(N)ncnc54)O[C@@H]3COP(O)(=S)O[C@@H]1[C@H]2O. The smallest absolute Gasteiger partial charge is 0.386 e. The highest BCUT2D eigenvalue weighted by Crippen LogP contribution is 2.61. The highest BCUT2D eigenvalue weighted by Gasteiger charge is 2.54. The van der Waals surface area contributed by atoms with Crippen molar-refractivity contribution in [3.8, 4) is 0 Å². The number of fused-ring (bicyclic) bond motifs is 5. The lowest BCUT2D eigenvalue weighted by Crippen LogP contribution is -2.37. The summed E-state index contributed by atoms with van der Waals surface area (Å²) in [6, 6.07) is -0.815. The molecule has 10 atom stereocenters. The molecule has 0 amide bonds. The van der Waals surface area contributed by atoms with Crippen LogP contribution in [0.25, 0.3) is 22.3 Å². The third-order valence-corrected chi connectivity index (χ3v) is 10.6. The first kappa shape index (κ1) is 29.3. The molecule has 0 aromatic carbocycles. The number of hydrogen-bond acceptors (Lipinski definition) is 16. The predicted molar refractivity (Wildman–Crippen MR) is 152 cm³/mol. The third kappa shape index (κ3) is 5.11. The van der Waals surface area contributed by atoms with Crippen LogP contribution in [-0.4, -0.2) is 92.3 Å².